The molecule has 5 aromatic rings. The van der Waals surface area contributed by atoms with Crippen LogP contribution in [0, 0.1) is 0 Å². The Bertz CT molecular complexity index is 1650. The van der Waals surface area contributed by atoms with Crippen molar-refractivity contribution < 1.29 is 14.3 Å². The van der Waals surface area contributed by atoms with Crippen LogP contribution in [0.15, 0.2) is 64.9 Å². The fourth-order valence-corrected chi connectivity index (χ4v) is 7.40. The number of ether oxygens (including phenoxy) is 2. The molecule has 0 spiro atoms. The van der Waals surface area contributed by atoms with Gasteiger partial charge < -0.3 is 14.8 Å². The van der Waals surface area contributed by atoms with Crippen molar-refractivity contribution in [3.05, 3.63) is 70.6 Å². The smallest absolute Gasteiger partial charge is 0.234 e. The highest BCUT2D eigenvalue weighted by Crippen LogP contribution is 2.41. The van der Waals surface area contributed by atoms with Gasteiger partial charge in [-0.3, -0.25) is 4.79 Å². The van der Waals surface area contributed by atoms with Gasteiger partial charge in [-0.25, -0.2) is 9.38 Å². The van der Waals surface area contributed by atoms with Crippen molar-refractivity contribution in [2.45, 2.75) is 48.5 Å². The summed E-state index contributed by atoms with van der Waals surface area (Å²) in [7, 11) is 1.61. The fraction of sp³-hybridized carbons (Fsp3) is 0.286. The summed E-state index contributed by atoms with van der Waals surface area (Å²) in [5.41, 5.74) is 3.69. The molecule has 200 valence electrons. The number of rotatable bonds is 8. The van der Waals surface area contributed by atoms with Gasteiger partial charge in [-0.15, -0.1) is 21.5 Å². The first kappa shape index (κ1) is 26.1. The Morgan fingerprint density at radius 1 is 1.10 bits per heavy atom. The summed E-state index contributed by atoms with van der Waals surface area (Å²) in [5, 5.41) is 14.6. The summed E-state index contributed by atoms with van der Waals surface area (Å²) in [4.78, 5) is 20.0. The van der Waals surface area contributed by atoms with Gasteiger partial charge in [0.05, 0.1) is 30.5 Å². The Morgan fingerprint density at radius 2 is 1.90 bits per heavy atom. The number of nitrogens with zero attached hydrogens (tertiary/aromatic N) is 4. The molecule has 0 unspecified atom stereocenters. The van der Waals surface area contributed by atoms with Crippen LogP contribution in [-0.2, 0) is 28.3 Å². The minimum Gasteiger partial charge on any atom is -0.497 e. The fourth-order valence-electron chi connectivity index (χ4n) is 4.50. The van der Waals surface area contributed by atoms with Crippen molar-refractivity contribution in [1.29, 1.82) is 0 Å². The molecule has 0 radical (unpaired) electrons. The molecule has 2 aromatic carbocycles. The Hall–Kier alpha value is -3.12. The molecule has 0 atom stereocenters. The van der Waals surface area contributed by atoms with E-state index in [9.17, 15) is 4.79 Å². The first-order chi connectivity index (χ1) is 18.9. The molecule has 3 aromatic heterocycles. The zero-order valence-electron chi connectivity index (χ0n) is 21.8. The molecule has 1 aliphatic heterocycles. The van der Waals surface area contributed by atoms with Crippen molar-refractivity contribution in [3.8, 4) is 5.75 Å². The SMILES string of the molecule is COc1ccc(NC(=O)CSc2nnc3c4c5c(sc4nc(SCc4ccccc4)n23)COC(C)(C)C5)cc1. The minimum atomic E-state index is -0.254. The van der Waals surface area contributed by atoms with Crippen LogP contribution in [-0.4, -0.2) is 44.0 Å². The highest BCUT2D eigenvalue weighted by molar-refractivity contribution is 8.00. The van der Waals surface area contributed by atoms with E-state index in [0.717, 1.165) is 38.9 Å². The van der Waals surface area contributed by atoms with Crippen molar-refractivity contribution in [1.82, 2.24) is 19.6 Å². The molecule has 0 saturated carbocycles. The number of hydrogen-bond donors (Lipinski definition) is 1. The maximum absolute atomic E-state index is 12.8. The Labute approximate surface area is 238 Å². The first-order valence-corrected chi connectivity index (χ1v) is 15.3. The highest BCUT2D eigenvalue weighted by atomic mass is 32.2. The Balaban J connectivity index is 1.33. The van der Waals surface area contributed by atoms with Crippen molar-refractivity contribution in [3.63, 3.8) is 0 Å². The number of methoxy groups -OCH3 is 1. The van der Waals surface area contributed by atoms with Gasteiger partial charge in [0.1, 0.15) is 10.6 Å². The Morgan fingerprint density at radius 3 is 2.67 bits per heavy atom. The number of benzene rings is 2. The van der Waals surface area contributed by atoms with Crippen LogP contribution >= 0.6 is 34.9 Å². The van der Waals surface area contributed by atoms with Crippen LogP contribution < -0.4 is 10.1 Å². The number of thiophene rings is 1. The van der Waals surface area contributed by atoms with Gasteiger partial charge in [-0.05, 0) is 49.2 Å². The van der Waals surface area contributed by atoms with Gasteiger partial charge in [0.15, 0.2) is 16.0 Å². The maximum Gasteiger partial charge on any atom is 0.234 e. The second-order valence-corrected chi connectivity index (χ2v) is 12.8. The van der Waals surface area contributed by atoms with Crippen LogP contribution in [0.5, 0.6) is 5.75 Å². The molecule has 8 nitrogen and oxygen atoms in total. The van der Waals surface area contributed by atoms with Gasteiger partial charge >= 0.3 is 0 Å². The molecule has 0 bridgehead atoms. The van der Waals surface area contributed by atoms with Crippen LogP contribution in [0.25, 0.3) is 15.9 Å². The minimum absolute atomic E-state index is 0.124. The third-order valence-corrected chi connectivity index (χ3v) is 9.47. The standard InChI is InChI=1S/C28H27N5O3S3/c1-28(2)13-20-21(14-36-28)39-25-23(20)24-31-32-27(33(24)26(30-25)37-15-17-7-5-4-6-8-17)38-16-22(34)29-18-9-11-19(35-3)12-10-18/h4-12H,13-16H2,1-3H3,(H,29,34). The largest absolute Gasteiger partial charge is 0.497 e. The topological polar surface area (TPSA) is 90.6 Å². The molecule has 11 heteroatoms. The lowest BCUT2D eigenvalue weighted by Crippen LogP contribution is -2.31. The molecule has 0 aliphatic carbocycles. The van der Waals surface area contributed by atoms with Crippen LogP contribution in [0.1, 0.15) is 29.9 Å². The van der Waals surface area contributed by atoms with Crippen LogP contribution in [0.2, 0.25) is 0 Å². The third-order valence-electron chi connectivity index (χ3n) is 6.43. The van der Waals surface area contributed by atoms with Crippen molar-refractivity contribution in [2.75, 3.05) is 18.2 Å². The van der Waals surface area contributed by atoms with Crippen LogP contribution in [0.4, 0.5) is 5.69 Å². The van der Waals surface area contributed by atoms with E-state index in [1.54, 1.807) is 30.2 Å². The molecular weight excluding hydrogens is 551 g/mol. The maximum atomic E-state index is 12.8. The second kappa shape index (κ2) is 10.8. The molecule has 39 heavy (non-hydrogen) atoms. The average molecular weight is 578 g/mol. The molecule has 0 saturated heterocycles. The second-order valence-electron chi connectivity index (χ2n) is 9.78. The number of aromatic nitrogens is 4. The van der Waals surface area contributed by atoms with E-state index in [1.807, 2.05) is 46.9 Å². The lowest BCUT2D eigenvalue weighted by molar-refractivity contribution is -0.113. The summed E-state index contributed by atoms with van der Waals surface area (Å²) in [6.45, 7) is 4.80. The van der Waals surface area contributed by atoms with Crippen molar-refractivity contribution >= 4 is 62.3 Å². The van der Waals surface area contributed by atoms with E-state index in [0.29, 0.717) is 17.5 Å². The van der Waals surface area contributed by atoms with E-state index >= 15 is 0 Å². The van der Waals surface area contributed by atoms with E-state index in [2.05, 4.69) is 41.5 Å². The number of carbonyl (C=O) groups excluding carboxylic acids is 1. The molecule has 6 rings (SSSR count). The summed E-state index contributed by atoms with van der Waals surface area (Å²) in [5.74, 6) is 1.56. The molecule has 1 amide bonds. The van der Waals surface area contributed by atoms with Crippen molar-refractivity contribution in [2.24, 2.45) is 0 Å². The van der Waals surface area contributed by atoms with Gasteiger partial charge in [0.2, 0.25) is 5.91 Å². The van der Waals surface area contributed by atoms with Gasteiger partial charge in [0, 0.05) is 22.7 Å². The zero-order valence-corrected chi connectivity index (χ0v) is 24.2. The predicted octanol–water partition coefficient (Wildman–Crippen LogP) is 6.22. The van der Waals surface area contributed by atoms with Gasteiger partial charge in [-0.2, -0.15) is 0 Å². The summed E-state index contributed by atoms with van der Waals surface area (Å²) in [6, 6.07) is 17.6. The lowest BCUT2D eigenvalue weighted by atomic mass is 9.94. The van der Waals surface area contributed by atoms with E-state index < -0.39 is 0 Å². The number of amides is 1. The Kier molecular flexibility index (Phi) is 7.23. The van der Waals surface area contributed by atoms with E-state index in [1.165, 1.54) is 27.8 Å². The predicted molar refractivity (Wildman–Crippen MR) is 157 cm³/mol. The average Bonchev–Trinajstić information content (AvgIpc) is 3.52. The van der Waals surface area contributed by atoms with E-state index in [4.69, 9.17) is 14.5 Å². The number of anilines is 1. The molecule has 1 N–H and O–H groups in total. The molecule has 0 fully saturated rings. The van der Waals surface area contributed by atoms with E-state index in [-0.39, 0.29) is 17.3 Å². The summed E-state index contributed by atoms with van der Waals surface area (Å²) < 4.78 is 13.3. The first-order valence-electron chi connectivity index (χ1n) is 12.5. The third kappa shape index (κ3) is 5.49. The number of hydrogen-bond acceptors (Lipinski definition) is 9. The monoisotopic (exact) mass is 577 g/mol. The summed E-state index contributed by atoms with van der Waals surface area (Å²) >= 11 is 4.67. The number of nitrogens with one attached hydrogen (secondary N) is 1. The van der Waals surface area contributed by atoms with Gasteiger partial charge in [0.25, 0.3) is 0 Å². The quantitative estimate of drug-likeness (QED) is 0.172. The number of carbonyl (C=O) groups is 1. The zero-order chi connectivity index (χ0) is 27.0. The van der Waals surface area contributed by atoms with Gasteiger partial charge in [-0.1, -0.05) is 53.9 Å². The summed E-state index contributed by atoms with van der Waals surface area (Å²) in [6.07, 6.45) is 0.787. The molecule has 1 aliphatic rings. The molecular formula is C28H27N5O3S3. The normalized spacial score (nSPS) is 14.4. The number of fused-ring (bicyclic) bond motifs is 5. The number of thioether (sulfide) groups is 2. The van der Waals surface area contributed by atoms with Crippen LogP contribution in [0.3, 0.4) is 0 Å². The lowest BCUT2D eigenvalue weighted by Gasteiger charge is -2.30. The molecule has 4 heterocycles. The highest BCUT2D eigenvalue weighted by Gasteiger charge is 2.31.